The maximum Gasteiger partial charge on any atom is 0.255 e. The van der Waals surface area contributed by atoms with Crippen molar-refractivity contribution in [1.82, 2.24) is 19.5 Å². The molecule has 0 aliphatic rings. The molecule has 0 fully saturated rings. The first kappa shape index (κ1) is 19.5. The Labute approximate surface area is 187 Å². The first-order valence-corrected chi connectivity index (χ1v) is 11.4. The molecule has 0 saturated heterocycles. The molecule has 5 aromatic rings. The Kier molecular flexibility index (Phi) is 5.47. The molecule has 5 rings (SSSR count). The van der Waals surface area contributed by atoms with Crippen LogP contribution >= 0.6 is 23.1 Å². The Morgan fingerprint density at radius 2 is 1.94 bits per heavy atom. The van der Waals surface area contributed by atoms with Gasteiger partial charge in [-0.3, -0.25) is 9.36 Å². The fraction of sp³-hybridized carbons (Fsp3) is 0.0435. The second-order valence-corrected chi connectivity index (χ2v) is 9.02. The van der Waals surface area contributed by atoms with Crippen LogP contribution in [0.5, 0.6) is 0 Å². The quantitative estimate of drug-likeness (QED) is 0.355. The summed E-state index contributed by atoms with van der Waals surface area (Å²) in [5, 5.41) is 2.88. The highest BCUT2D eigenvalue weighted by Crippen LogP contribution is 2.31. The third kappa shape index (κ3) is 4.50. The highest BCUT2D eigenvalue weighted by Gasteiger charge is 2.08. The number of rotatable bonds is 6. The van der Waals surface area contributed by atoms with Gasteiger partial charge in [-0.2, -0.15) is 0 Å². The van der Waals surface area contributed by atoms with Crippen LogP contribution in [-0.4, -0.2) is 25.4 Å². The summed E-state index contributed by atoms with van der Waals surface area (Å²) in [6.07, 6.45) is 6.82. The molecule has 0 unspecified atom stereocenters. The molecule has 152 valence electrons. The molecule has 31 heavy (non-hydrogen) atoms. The SMILES string of the molecule is O=C(Nc1ccc(-n2ccnc2)nc1)c1ccc(CSc2nc3ccccc3s2)cc1. The van der Waals surface area contributed by atoms with E-state index in [1.165, 1.54) is 4.70 Å². The number of benzene rings is 2. The second kappa shape index (κ2) is 8.71. The maximum absolute atomic E-state index is 12.6. The van der Waals surface area contributed by atoms with Crippen molar-refractivity contribution >= 4 is 44.9 Å². The number of nitrogens with one attached hydrogen (secondary N) is 1. The lowest BCUT2D eigenvalue weighted by Crippen LogP contribution is -2.12. The molecule has 6 nitrogen and oxygen atoms in total. The lowest BCUT2D eigenvalue weighted by atomic mass is 10.1. The second-order valence-electron chi connectivity index (χ2n) is 6.76. The van der Waals surface area contributed by atoms with Crippen LogP contribution in [0.2, 0.25) is 0 Å². The predicted octanol–water partition coefficient (Wildman–Crippen LogP) is 5.42. The molecule has 1 N–H and O–H groups in total. The summed E-state index contributed by atoms with van der Waals surface area (Å²) in [5.74, 6) is 1.38. The van der Waals surface area contributed by atoms with Crippen molar-refractivity contribution in [3.05, 3.63) is 96.7 Å². The summed E-state index contributed by atoms with van der Waals surface area (Å²) in [4.78, 5) is 25.6. The fourth-order valence-corrected chi connectivity index (χ4v) is 5.05. The number of anilines is 1. The van der Waals surface area contributed by atoms with Gasteiger partial charge in [-0.25, -0.2) is 15.0 Å². The highest BCUT2D eigenvalue weighted by atomic mass is 32.2. The van der Waals surface area contributed by atoms with Crippen LogP contribution in [0.1, 0.15) is 15.9 Å². The standard InChI is InChI=1S/C23H17N5OS2/c29-22(26-18-9-10-21(25-13-18)28-12-11-24-15-28)17-7-5-16(6-8-17)14-30-23-27-19-3-1-2-4-20(19)31-23/h1-13,15H,14H2,(H,26,29). The van der Waals surface area contributed by atoms with E-state index >= 15 is 0 Å². The summed E-state index contributed by atoms with van der Waals surface area (Å²) in [6.45, 7) is 0. The lowest BCUT2D eigenvalue weighted by molar-refractivity contribution is 0.102. The molecule has 8 heteroatoms. The Balaban J connectivity index is 1.19. The van der Waals surface area contributed by atoms with Crippen molar-refractivity contribution in [1.29, 1.82) is 0 Å². The molecule has 0 aliphatic carbocycles. The van der Waals surface area contributed by atoms with Gasteiger partial charge in [-0.1, -0.05) is 36.0 Å². The molecule has 0 saturated carbocycles. The minimum absolute atomic E-state index is 0.164. The van der Waals surface area contributed by atoms with Gasteiger partial charge in [-0.15, -0.1) is 11.3 Å². The van der Waals surface area contributed by atoms with Gasteiger partial charge < -0.3 is 5.32 Å². The number of thiazole rings is 1. The van der Waals surface area contributed by atoms with Crippen LogP contribution in [0.4, 0.5) is 5.69 Å². The number of thioether (sulfide) groups is 1. The fourth-order valence-electron chi connectivity index (χ4n) is 3.02. The normalized spacial score (nSPS) is 11.0. The van der Waals surface area contributed by atoms with Crippen LogP contribution in [0.15, 0.2) is 89.9 Å². The third-order valence-electron chi connectivity index (χ3n) is 4.63. The van der Waals surface area contributed by atoms with Gasteiger partial charge >= 0.3 is 0 Å². The number of hydrogen-bond acceptors (Lipinski definition) is 6. The van der Waals surface area contributed by atoms with Crippen molar-refractivity contribution in [2.45, 2.75) is 10.1 Å². The smallest absolute Gasteiger partial charge is 0.255 e. The number of carbonyl (C=O) groups excluding carboxylic acids is 1. The first-order valence-electron chi connectivity index (χ1n) is 9.58. The van der Waals surface area contributed by atoms with Crippen LogP contribution < -0.4 is 5.32 Å². The zero-order valence-corrected chi connectivity index (χ0v) is 17.9. The van der Waals surface area contributed by atoms with E-state index in [9.17, 15) is 4.79 Å². The van der Waals surface area contributed by atoms with Crippen molar-refractivity contribution < 1.29 is 4.79 Å². The topological polar surface area (TPSA) is 72.7 Å². The van der Waals surface area contributed by atoms with Crippen molar-refractivity contribution in [2.75, 3.05) is 5.32 Å². The number of amides is 1. The molecule has 0 atom stereocenters. The van der Waals surface area contributed by atoms with Crippen LogP contribution in [0.3, 0.4) is 0 Å². The monoisotopic (exact) mass is 443 g/mol. The Bertz CT molecular complexity index is 1280. The minimum atomic E-state index is -0.164. The average molecular weight is 444 g/mol. The summed E-state index contributed by atoms with van der Waals surface area (Å²) < 4.78 is 4.05. The maximum atomic E-state index is 12.6. The number of pyridine rings is 1. The zero-order chi connectivity index (χ0) is 21.0. The van der Waals surface area contributed by atoms with Gasteiger partial charge in [0, 0.05) is 23.7 Å². The number of aromatic nitrogens is 4. The number of nitrogens with zero attached hydrogens (tertiary/aromatic N) is 4. The molecule has 0 spiro atoms. The minimum Gasteiger partial charge on any atom is -0.321 e. The number of imidazole rings is 1. The van der Waals surface area contributed by atoms with Gasteiger partial charge in [0.1, 0.15) is 12.1 Å². The van der Waals surface area contributed by atoms with Crippen LogP contribution in [0, 0.1) is 0 Å². The highest BCUT2D eigenvalue weighted by molar-refractivity contribution is 8.00. The number of hydrogen-bond donors (Lipinski definition) is 1. The van der Waals surface area contributed by atoms with Gasteiger partial charge in [0.15, 0.2) is 4.34 Å². The molecular formula is C23H17N5OS2. The summed E-state index contributed by atoms with van der Waals surface area (Å²) in [7, 11) is 0. The molecule has 0 bridgehead atoms. The first-order chi connectivity index (χ1) is 15.2. The number of para-hydroxylation sites is 1. The summed E-state index contributed by atoms with van der Waals surface area (Å²) >= 11 is 3.41. The van der Waals surface area contributed by atoms with E-state index in [-0.39, 0.29) is 5.91 Å². The van der Waals surface area contributed by atoms with Crippen molar-refractivity contribution in [2.24, 2.45) is 0 Å². The van der Waals surface area contributed by atoms with Crippen LogP contribution in [0.25, 0.3) is 16.0 Å². The molecular weight excluding hydrogens is 426 g/mol. The van der Waals surface area contributed by atoms with E-state index in [1.54, 1.807) is 46.4 Å². The lowest BCUT2D eigenvalue weighted by Gasteiger charge is -2.07. The zero-order valence-electron chi connectivity index (χ0n) is 16.3. The average Bonchev–Trinajstić information content (AvgIpc) is 3.48. The molecule has 3 heterocycles. The van der Waals surface area contributed by atoms with E-state index in [4.69, 9.17) is 0 Å². The van der Waals surface area contributed by atoms with Gasteiger partial charge in [-0.05, 0) is 42.0 Å². The largest absolute Gasteiger partial charge is 0.321 e. The van der Waals surface area contributed by atoms with Gasteiger partial charge in [0.05, 0.1) is 22.1 Å². The van der Waals surface area contributed by atoms with Gasteiger partial charge in [0.2, 0.25) is 0 Å². The van der Waals surface area contributed by atoms with Crippen molar-refractivity contribution in [3.8, 4) is 5.82 Å². The van der Waals surface area contributed by atoms with E-state index in [0.717, 1.165) is 27.0 Å². The predicted molar refractivity (Wildman–Crippen MR) is 125 cm³/mol. The number of carbonyl (C=O) groups is 1. The molecule has 0 aliphatic heterocycles. The Morgan fingerprint density at radius 1 is 1.06 bits per heavy atom. The Hall–Kier alpha value is -3.49. The number of fused-ring (bicyclic) bond motifs is 1. The summed E-state index contributed by atoms with van der Waals surface area (Å²) in [5.41, 5.74) is 3.43. The van der Waals surface area contributed by atoms with E-state index < -0.39 is 0 Å². The molecule has 0 radical (unpaired) electrons. The molecule has 2 aromatic carbocycles. The Morgan fingerprint density at radius 3 is 2.68 bits per heavy atom. The third-order valence-corrected chi connectivity index (χ3v) is 6.88. The van der Waals surface area contributed by atoms with Crippen molar-refractivity contribution in [3.63, 3.8) is 0 Å². The van der Waals surface area contributed by atoms with E-state index in [0.29, 0.717) is 11.3 Å². The molecule has 3 aromatic heterocycles. The molecule has 1 amide bonds. The van der Waals surface area contributed by atoms with E-state index in [2.05, 4.69) is 26.3 Å². The van der Waals surface area contributed by atoms with Gasteiger partial charge in [0.25, 0.3) is 5.91 Å². The van der Waals surface area contributed by atoms with E-state index in [1.807, 2.05) is 60.8 Å². The summed E-state index contributed by atoms with van der Waals surface area (Å²) in [6, 6.07) is 19.5. The van der Waals surface area contributed by atoms with Crippen LogP contribution in [-0.2, 0) is 5.75 Å².